The first-order valence-corrected chi connectivity index (χ1v) is 8.24. The van der Waals surface area contributed by atoms with Crippen molar-refractivity contribution < 1.29 is 47.7 Å². The second-order valence-corrected chi connectivity index (χ2v) is 5.63. The molecule has 1 aromatic carbocycles. The molecule has 0 aliphatic rings. The van der Waals surface area contributed by atoms with Gasteiger partial charge < -0.3 is 23.7 Å². The van der Waals surface area contributed by atoms with Crippen LogP contribution in [0.4, 0.5) is 0 Å². The van der Waals surface area contributed by atoms with Gasteiger partial charge in [0.2, 0.25) is 5.75 Å². The summed E-state index contributed by atoms with van der Waals surface area (Å²) in [5, 5.41) is 0. The number of rotatable bonds is 8. The third-order valence-corrected chi connectivity index (χ3v) is 2.91. The molecule has 0 bridgehead atoms. The summed E-state index contributed by atoms with van der Waals surface area (Å²) in [6.07, 6.45) is 0. The summed E-state index contributed by atoms with van der Waals surface area (Å²) >= 11 is 0. The van der Waals surface area contributed by atoms with E-state index in [4.69, 9.17) is 23.7 Å². The molecule has 10 heteroatoms. The number of carbonyl (C=O) groups excluding carboxylic acids is 5. The van der Waals surface area contributed by atoms with Crippen molar-refractivity contribution in [2.45, 2.75) is 27.7 Å². The van der Waals surface area contributed by atoms with E-state index in [2.05, 4.69) is 6.58 Å². The number of hydrogen-bond donors (Lipinski definition) is 0. The predicted octanol–water partition coefficient (Wildman–Crippen LogP) is 1.74. The van der Waals surface area contributed by atoms with Crippen LogP contribution in [0.25, 0.3) is 0 Å². The maximum absolute atomic E-state index is 12.3. The van der Waals surface area contributed by atoms with E-state index >= 15 is 0 Å². The quantitative estimate of drug-likeness (QED) is 0.271. The summed E-state index contributed by atoms with van der Waals surface area (Å²) in [6.45, 7) is 7.66. The summed E-state index contributed by atoms with van der Waals surface area (Å²) in [4.78, 5) is 57.6. The first kappa shape index (κ1) is 23.3. The second kappa shape index (κ2) is 10.6. The normalized spacial score (nSPS) is 9.79. The van der Waals surface area contributed by atoms with Crippen molar-refractivity contribution in [3.8, 4) is 17.2 Å². The lowest BCUT2D eigenvalue weighted by molar-refractivity contribution is -0.140. The van der Waals surface area contributed by atoms with E-state index in [0.29, 0.717) is 0 Å². The Hall–Kier alpha value is -3.69. The van der Waals surface area contributed by atoms with E-state index in [9.17, 15) is 24.0 Å². The minimum atomic E-state index is -0.896. The number of ether oxygens (including phenoxy) is 5. The van der Waals surface area contributed by atoms with Crippen LogP contribution < -0.4 is 14.2 Å². The van der Waals surface area contributed by atoms with Crippen LogP contribution in [0.5, 0.6) is 17.2 Å². The second-order valence-electron chi connectivity index (χ2n) is 5.63. The highest BCUT2D eigenvalue weighted by Crippen LogP contribution is 2.39. The molecule has 0 heterocycles. The van der Waals surface area contributed by atoms with Crippen LogP contribution in [-0.4, -0.2) is 43.1 Å². The highest BCUT2D eigenvalue weighted by Gasteiger charge is 2.23. The standard InChI is InChI=1S/C19H20O10/c1-10(2)18(23)25-6-7-26-19(24)14-8-15(27-11(3)20)17(29-13(5)22)16(9-14)28-12(4)21/h8-9H,1,6-7H2,2-5H3. The Labute approximate surface area is 166 Å². The van der Waals surface area contributed by atoms with Gasteiger partial charge in [0, 0.05) is 26.3 Å². The van der Waals surface area contributed by atoms with Crippen molar-refractivity contribution in [1.82, 2.24) is 0 Å². The molecule has 0 saturated heterocycles. The highest BCUT2D eigenvalue weighted by molar-refractivity contribution is 5.92. The van der Waals surface area contributed by atoms with Crippen LogP contribution in [0, 0.1) is 0 Å². The fourth-order valence-corrected chi connectivity index (χ4v) is 1.88. The van der Waals surface area contributed by atoms with Crippen molar-refractivity contribution in [2.24, 2.45) is 0 Å². The van der Waals surface area contributed by atoms with Gasteiger partial charge in [-0.1, -0.05) is 6.58 Å². The van der Waals surface area contributed by atoms with Gasteiger partial charge >= 0.3 is 29.8 Å². The van der Waals surface area contributed by atoms with Crippen LogP contribution in [-0.2, 0) is 28.7 Å². The van der Waals surface area contributed by atoms with Gasteiger partial charge in [-0.25, -0.2) is 9.59 Å². The molecule has 0 aromatic heterocycles. The van der Waals surface area contributed by atoms with Crippen LogP contribution in [0.1, 0.15) is 38.1 Å². The number of carbonyl (C=O) groups is 5. The zero-order valence-corrected chi connectivity index (χ0v) is 16.4. The molecule has 0 aliphatic carbocycles. The molecule has 29 heavy (non-hydrogen) atoms. The van der Waals surface area contributed by atoms with Crippen molar-refractivity contribution in [3.63, 3.8) is 0 Å². The molecule has 0 saturated carbocycles. The number of esters is 5. The Kier molecular flexibility index (Phi) is 8.53. The first-order valence-electron chi connectivity index (χ1n) is 8.24. The Morgan fingerprint density at radius 2 is 1.21 bits per heavy atom. The highest BCUT2D eigenvalue weighted by atomic mass is 16.6. The van der Waals surface area contributed by atoms with E-state index in [1.165, 1.54) is 6.92 Å². The number of benzene rings is 1. The topological polar surface area (TPSA) is 132 Å². The zero-order valence-electron chi connectivity index (χ0n) is 16.4. The maximum atomic E-state index is 12.3. The van der Waals surface area contributed by atoms with Gasteiger partial charge in [0.25, 0.3) is 0 Å². The average Bonchev–Trinajstić information content (AvgIpc) is 2.59. The largest absolute Gasteiger partial charge is 0.459 e. The van der Waals surface area contributed by atoms with E-state index < -0.39 is 29.8 Å². The Balaban J connectivity index is 3.12. The predicted molar refractivity (Wildman–Crippen MR) is 96.4 cm³/mol. The smallest absolute Gasteiger partial charge is 0.338 e. The third-order valence-electron chi connectivity index (χ3n) is 2.91. The molecule has 0 aliphatic heterocycles. The SMILES string of the molecule is C=C(C)C(=O)OCCOC(=O)c1cc(OC(C)=O)c(OC(C)=O)c(OC(C)=O)c1. The van der Waals surface area contributed by atoms with Gasteiger partial charge in [-0.05, 0) is 19.1 Å². The summed E-state index contributed by atoms with van der Waals surface area (Å²) in [7, 11) is 0. The van der Waals surface area contributed by atoms with Crippen LogP contribution in [0.15, 0.2) is 24.3 Å². The average molecular weight is 408 g/mol. The molecule has 156 valence electrons. The molecule has 0 N–H and O–H groups in total. The minimum Gasteiger partial charge on any atom is -0.459 e. The van der Waals surface area contributed by atoms with E-state index in [0.717, 1.165) is 32.9 Å². The van der Waals surface area contributed by atoms with Gasteiger partial charge in [-0.3, -0.25) is 14.4 Å². The fraction of sp³-hybridized carbons (Fsp3) is 0.316. The molecule has 0 radical (unpaired) electrons. The summed E-state index contributed by atoms with van der Waals surface area (Å²) in [5.74, 6) is -4.86. The van der Waals surface area contributed by atoms with Crippen LogP contribution in [0.3, 0.4) is 0 Å². The Morgan fingerprint density at radius 3 is 1.62 bits per heavy atom. The van der Waals surface area contributed by atoms with Crippen molar-refractivity contribution in [1.29, 1.82) is 0 Å². The minimum absolute atomic E-state index is 0.167. The van der Waals surface area contributed by atoms with Crippen LogP contribution >= 0.6 is 0 Å². The van der Waals surface area contributed by atoms with E-state index in [1.807, 2.05) is 0 Å². The molecular formula is C19H20O10. The third kappa shape index (κ3) is 7.83. The van der Waals surface area contributed by atoms with Crippen molar-refractivity contribution in [2.75, 3.05) is 13.2 Å². The first-order chi connectivity index (χ1) is 13.5. The van der Waals surface area contributed by atoms with Gasteiger partial charge in [-0.2, -0.15) is 0 Å². The molecule has 0 spiro atoms. The molecule has 10 nitrogen and oxygen atoms in total. The molecular weight excluding hydrogens is 388 g/mol. The summed E-state index contributed by atoms with van der Waals surface area (Å²) in [5.41, 5.74) is 0.0223. The van der Waals surface area contributed by atoms with Gasteiger partial charge in [0.1, 0.15) is 13.2 Å². The zero-order chi connectivity index (χ0) is 22.1. The molecule has 1 rings (SSSR count). The number of hydrogen-bond acceptors (Lipinski definition) is 10. The maximum Gasteiger partial charge on any atom is 0.338 e. The Morgan fingerprint density at radius 1 is 0.759 bits per heavy atom. The van der Waals surface area contributed by atoms with Gasteiger partial charge in [0.05, 0.1) is 5.56 Å². The molecule has 0 atom stereocenters. The monoisotopic (exact) mass is 408 g/mol. The lowest BCUT2D eigenvalue weighted by Gasteiger charge is -2.14. The molecule has 1 aromatic rings. The van der Waals surface area contributed by atoms with E-state index in [1.54, 1.807) is 0 Å². The van der Waals surface area contributed by atoms with Gasteiger partial charge in [0.15, 0.2) is 11.5 Å². The lowest BCUT2D eigenvalue weighted by atomic mass is 10.2. The van der Waals surface area contributed by atoms with Crippen molar-refractivity contribution >= 4 is 29.8 Å². The summed E-state index contributed by atoms with van der Waals surface area (Å²) < 4.78 is 24.6. The lowest BCUT2D eigenvalue weighted by Crippen LogP contribution is -2.15. The fourth-order valence-electron chi connectivity index (χ4n) is 1.88. The Bertz CT molecular complexity index is 816. The van der Waals surface area contributed by atoms with Crippen molar-refractivity contribution in [3.05, 3.63) is 29.8 Å². The summed E-state index contributed by atoms with van der Waals surface area (Å²) in [6, 6.07) is 2.16. The molecule has 0 fully saturated rings. The van der Waals surface area contributed by atoms with E-state index in [-0.39, 0.29) is 41.6 Å². The molecule has 0 amide bonds. The van der Waals surface area contributed by atoms with Crippen LogP contribution in [0.2, 0.25) is 0 Å². The molecule has 0 unspecified atom stereocenters. The van der Waals surface area contributed by atoms with Gasteiger partial charge in [-0.15, -0.1) is 0 Å².